The van der Waals surface area contributed by atoms with Gasteiger partial charge in [0.1, 0.15) is 5.75 Å². The van der Waals surface area contributed by atoms with Crippen molar-refractivity contribution in [3.63, 3.8) is 0 Å². The van der Waals surface area contributed by atoms with E-state index in [1.807, 2.05) is 12.1 Å². The molecule has 0 aromatic heterocycles. The molecule has 0 bridgehead atoms. The third-order valence-electron chi connectivity index (χ3n) is 3.19. The van der Waals surface area contributed by atoms with Crippen LogP contribution in [0.2, 0.25) is 5.02 Å². The molecule has 0 aliphatic rings. The fourth-order valence-electron chi connectivity index (χ4n) is 2.12. The fraction of sp³-hybridized carbons (Fsp3) is 0.529. The number of rotatable bonds is 8. The molecule has 0 spiro atoms. The van der Waals surface area contributed by atoms with E-state index >= 15 is 0 Å². The van der Waals surface area contributed by atoms with Gasteiger partial charge in [0.25, 0.3) is 0 Å². The Morgan fingerprint density at radius 3 is 2.63 bits per heavy atom. The first-order valence-electron chi connectivity index (χ1n) is 7.30. The average Bonchev–Trinajstić information content (AvgIpc) is 2.42. The number of halogens is 1. The van der Waals surface area contributed by atoms with Crippen molar-refractivity contribution in [3.8, 4) is 5.75 Å². The zero-order valence-electron chi connectivity index (χ0n) is 12.3. The summed E-state index contributed by atoms with van der Waals surface area (Å²) in [6.45, 7) is 7.26. The summed E-state index contributed by atoms with van der Waals surface area (Å²) in [5.74, 6) is 1.47. The Labute approximate surface area is 122 Å². The predicted molar refractivity (Wildman–Crippen MR) is 84.3 cm³/mol. The summed E-state index contributed by atoms with van der Waals surface area (Å²) in [7, 11) is 0. The number of allylic oxidation sites excluding steroid dienone is 2. The van der Waals surface area contributed by atoms with Crippen molar-refractivity contribution in [2.45, 2.75) is 52.4 Å². The van der Waals surface area contributed by atoms with Gasteiger partial charge in [-0.05, 0) is 55.4 Å². The molecule has 1 nitrogen and oxygen atoms in total. The summed E-state index contributed by atoms with van der Waals surface area (Å²) in [6, 6.07) is 5.96. The molecule has 0 radical (unpaired) electrons. The summed E-state index contributed by atoms with van der Waals surface area (Å²) < 4.78 is 5.85. The quantitative estimate of drug-likeness (QED) is 0.532. The molecule has 0 heterocycles. The second-order valence-corrected chi connectivity index (χ2v) is 5.19. The molecule has 0 saturated carbocycles. The van der Waals surface area contributed by atoms with Gasteiger partial charge in [-0.25, -0.2) is 0 Å². The smallest absolute Gasteiger partial charge is 0.122 e. The van der Waals surface area contributed by atoms with Crippen molar-refractivity contribution < 1.29 is 4.74 Å². The van der Waals surface area contributed by atoms with E-state index in [2.05, 4.69) is 39.0 Å². The third kappa shape index (κ3) is 5.28. The average molecular weight is 281 g/mol. The zero-order chi connectivity index (χ0) is 14.1. The van der Waals surface area contributed by atoms with Crippen LogP contribution in [0.1, 0.15) is 57.9 Å². The molecule has 0 amide bonds. The molecule has 0 aliphatic carbocycles. The molecular formula is C17H25ClO. The first-order chi connectivity index (χ1) is 9.22. The second kappa shape index (κ2) is 9.03. The van der Waals surface area contributed by atoms with E-state index in [1.165, 1.54) is 5.56 Å². The molecule has 1 unspecified atom stereocenters. The molecule has 0 aliphatic heterocycles. The minimum atomic E-state index is 0.480. The van der Waals surface area contributed by atoms with Gasteiger partial charge in [-0.3, -0.25) is 0 Å². The summed E-state index contributed by atoms with van der Waals surface area (Å²) in [5.41, 5.74) is 1.24. The monoisotopic (exact) mass is 280 g/mol. The van der Waals surface area contributed by atoms with Crippen LogP contribution in [0.3, 0.4) is 0 Å². The highest BCUT2D eigenvalue weighted by molar-refractivity contribution is 6.30. The lowest BCUT2D eigenvalue weighted by Crippen LogP contribution is -2.03. The van der Waals surface area contributed by atoms with E-state index in [4.69, 9.17) is 16.3 Å². The molecule has 1 atom stereocenters. The Kier molecular flexibility index (Phi) is 7.66. The lowest BCUT2D eigenvalue weighted by molar-refractivity contribution is 0.311. The van der Waals surface area contributed by atoms with Gasteiger partial charge in [-0.1, -0.05) is 44.5 Å². The van der Waals surface area contributed by atoms with Crippen LogP contribution < -0.4 is 4.74 Å². The van der Waals surface area contributed by atoms with E-state index in [0.717, 1.165) is 43.1 Å². The normalized spacial score (nSPS) is 12.8. The number of ether oxygens (including phenoxy) is 1. The largest absolute Gasteiger partial charge is 0.493 e. The van der Waals surface area contributed by atoms with Crippen molar-refractivity contribution in [2.75, 3.05) is 6.61 Å². The van der Waals surface area contributed by atoms with Crippen LogP contribution in [-0.4, -0.2) is 6.61 Å². The van der Waals surface area contributed by atoms with E-state index < -0.39 is 0 Å². The van der Waals surface area contributed by atoms with E-state index in [9.17, 15) is 0 Å². The van der Waals surface area contributed by atoms with Crippen LogP contribution in [-0.2, 0) is 0 Å². The maximum absolute atomic E-state index is 6.14. The Morgan fingerprint density at radius 2 is 2.00 bits per heavy atom. The summed E-state index contributed by atoms with van der Waals surface area (Å²) in [4.78, 5) is 0. The molecule has 0 fully saturated rings. The highest BCUT2D eigenvalue weighted by Gasteiger charge is 2.14. The summed E-state index contributed by atoms with van der Waals surface area (Å²) in [6.07, 6.45) is 8.74. The third-order valence-corrected chi connectivity index (χ3v) is 3.42. The lowest BCUT2D eigenvalue weighted by Gasteiger charge is -2.18. The van der Waals surface area contributed by atoms with Gasteiger partial charge in [0.15, 0.2) is 0 Å². The number of hydrogen-bond donors (Lipinski definition) is 0. The van der Waals surface area contributed by atoms with Crippen LogP contribution in [0, 0.1) is 0 Å². The van der Waals surface area contributed by atoms with Crippen LogP contribution in [0.5, 0.6) is 5.75 Å². The van der Waals surface area contributed by atoms with Gasteiger partial charge >= 0.3 is 0 Å². The highest BCUT2D eigenvalue weighted by Crippen LogP contribution is 2.34. The van der Waals surface area contributed by atoms with Crippen LogP contribution in [0.4, 0.5) is 0 Å². The highest BCUT2D eigenvalue weighted by atomic mass is 35.5. The predicted octanol–water partition coefficient (Wildman–Crippen LogP) is 5.98. The molecule has 106 valence electrons. The Hall–Kier alpha value is -0.950. The first kappa shape index (κ1) is 16.1. The standard InChI is InChI=1S/C17H25ClO/c1-4-7-8-9-14(6-3)16-13-15(18)10-11-17(16)19-12-5-2/h7-8,10-11,13-14H,4-6,9,12H2,1-3H3/b8-7-. The maximum atomic E-state index is 6.14. The summed E-state index contributed by atoms with van der Waals surface area (Å²) in [5, 5.41) is 0.789. The van der Waals surface area contributed by atoms with Gasteiger partial charge in [-0.15, -0.1) is 0 Å². The molecule has 19 heavy (non-hydrogen) atoms. The SMILES string of the molecule is CC/C=C\CC(CC)c1cc(Cl)ccc1OCCC. The molecule has 0 saturated heterocycles. The lowest BCUT2D eigenvalue weighted by atomic mass is 9.92. The van der Waals surface area contributed by atoms with Gasteiger partial charge in [0.05, 0.1) is 6.61 Å². The Balaban J connectivity index is 2.92. The van der Waals surface area contributed by atoms with E-state index in [0.29, 0.717) is 5.92 Å². The van der Waals surface area contributed by atoms with Gasteiger partial charge in [-0.2, -0.15) is 0 Å². The van der Waals surface area contributed by atoms with Crippen molar-refractivity contribution >= 4 is 11.6 Å². The Bertz CT molecular complexity index is 398. The minimum absolute atomic E-state index is 0.480. The first-order valence-corrected chi connectivity index (χ1v) is 7.67. The molecular weight excluding hydrogens is 256 g/mol. The minimum Gasteiger partial charge on any atom is -0.493 e. The van der Waals surface area contributed by atoms with E-state index in [-0.39, 0.29) is 0 Å². The van der Waals surface area contributed by atoms with Gasteiger partial charge in [0.2, 0.25) is 0 Å². The topological polar surface area (TPSA) is 9.23 Å². The fourth-order valence-corrected chi connectivity index (χ4v) is 2.30. The molecule has 2 heteroatoms. The number of benzene rings is 1. The molecule has 1 aromatic rings. The van der Waals surface area contributed by atoms with Gasteiger partial charge < -0.3 is 4.74 Å². The van der Waals surface area contributed by atoms with Crippen molar-refractivity contribution in [2.24, 2.45) is 0 Å². The zero-order valence-corrected chi connectivity index (χ0v) is 13.0. The van der Waals surface area contributed by atoms with Crippen LogP contribution in [0.25, 0.3) is 0 Å². The molecule has 1 aromatic carbocycles. The van der Waals surface area contributed by atoms with Crippen molar-refractivity contribution in [1.29, 1.82) is 0 Å². The summed E-state index contributed by atoms with van der Waals surface area (Å²) >= 11 is 6.14. The maximum Gasteiger partial charge on any atom is 0.122 e. The number of hydrogen-bond acceptors (Lipinski definition) is 1. The second-order valence-electron chi connectivity index (χ2n) is 4.75. The van der Waals surface area contributed by atoms with Crippen LogP contribution >= 0.6 is 11.6 Å². The Morgan fingerprint density at radius 1 is 1.21 bits per heavy atom. The molecule has 0 N–H and O–H groups in total. The van der Waals surface area contributed by atoms with Crippen molar-refractivity contribution in [3.05, 3.63) is 40.9 Å². The van der Waals surface area contributed by atoms with Crippen LogP contribution in [0.15, 0.2) is 30.4 Å². The van der Waals surface area contributed by atoms with E-state index in [1.54, 1.807) is 0 Å². The van der Waals surface area contributed by atoms with Crippen molar-refractivity contribution in [1.82, 2.24) is 0 Å². The molecule has 1 rings (SSSR count). The van der Waals surface area contributed by atoms with Gasteiger partial charge in [0, 0.05) is 5.02 Å².